The van der Waals surface area contributed by atoms with Crippen molar-refractivity contribution in [2.75, 3.05) is 24.6 Å². The number of piperidine rings is 1. The smallest absolute Gasteiger partial charge is 0.318 e. The van der Waals surface area contributed by atoms with Gasteiger partial charge in [0.05, 0.1) is 13.0 Å². The van der Waals surface area contributed by atoms with Crippen LogP contribution in [0.1, 0.15) is 66.5 Å². The lowest BCUT2D eigenvalue weighted by Crippen LogP contribution is -2.34. The van der Waals surface area contributed by atoms with Crippen LogP contribution >= 0.6 is 0 Å². The molecule has 1 aromatic carbocycles. The second-order valence-electron chi connectivity index (χ2n) is 12.6. The predicted molar refractivity (Wildman–Crippen MR) is 161 cm³/mol. The normalized spacial score (nSPS) is 17.5. The summed E-state index contributed by atoms with van der Waals surface area (Å²) in [6.07, 6.45) is 8.34. The van der Waals surface area contributed by atoms with E-state index in [0.717, 1.165) is 94.7 Å². The van der Waals surface area contributed by atoms with Crippen molar-refractivity contribution >= 4 is 23.0 Å². The van der Waals surface area contributed by atoms with E-state index in [1.165, 1.54) is 37.7 Å². The molecule has 42 heavy (non-hydrogen) atoms. The van der Waals surface area contributed by atoms with Crippen LogP contribution in [0.15, 0.2) is 16.5 Å². The first-order valence-corrected chi connectivity index (χ1v) is 15.3. The number of aromatic nitrogens is 4. The Morgan fingerprint density at radius 3 is 2.57 bits per heavy atom. The number of carboxylic acid groups (broad SMARTS) is 1. The fourth-order valence-corrected chi connectivity index (χ4v) is 7.14. The molecule has 0 unspecified atom stereocenters. The molecule has 0 spiro atoms. The van der Waals surface area contributed by atoms with Gasteiger partial charge < -0.3 is 23.7 Å². The van der Waals surface area contributed by atoms with Crippen molar-refractivity contribution in [1.29, 1.82) is 0 Å². The van der Waals surface area contributed by atoms with Gasteiger partial charge in [-0.15, -0.1) is 5.10 Å². The van der Waals surface area contributed by atoms with E-state index in [0.29, 0.717) is 17.6 Å². The highest BCUT2D eigenvalue weighted by molar-refractivity contribution is 6.00. The number of pyridine rings is 1. The lowest BCUT2D eigenvalue weighted by Gasteiger charge is -2.30. The van der Waals surface area contributed by atoms with Crippen LogP contribution in [0.3, 0.4) is 0 Å². The Hall–Kier alpha value is -3.88. The number of ether oxygens (including phenoxy) is 1. The van der Waals surface area contributed by atoms with Gasteiger partial charge in [-0.25, -0.2) is 4.98 Å². The molecular weight excluding hydrogens is 530 g/mol. The van der Waals surface area contributed by atoms with Crippen LogP contribution in [0.25, 0.3) is 33.7 Å². The van der Waals surface area contributed by atoms with Crippen molar-refractivity contribution in [3.63, 3.8) is 0 Å². The highest BCUT2D eigenvalue weighted by Crippen LogP contribution is 2.43. The van der Waals surface area contributed by atoms with Crippen molar-refractivity contribution in [2.45, 2.75) is 72.1 Å². The molecule has 1 saturated heterocycles. The molecule has 220 valence electrons. The van der Waals surface area contributed by atoms with E-state index < -0.39 is 5.97 Å². The van der Waals surface area contributed by atoms with Crippen molar-refractivity contribution in [3.8, 4) is 28.5 Å². The summed E-state index contributed by atoms with van der Waals surface area (Å²) in [4.78, 5) is 19.2. The van der Waals surface area contributed by atoms with E-state index in [-0.39, 0.29) is 6.42 Å². The third-order valence-electron chi connectivity index (χ3n) is 9.63. The first kappa shape index (κ1) is 27.0. The van der Waals surface area contributed by atoms with Crippen molar-refractivity contribution in [1.82, 2.24) is 19.7 Å². The van der Waals surface area contributed by atoms with Gasteiger partial charge >= 0.3 is 12.0 Å². The SMILES string of the molecule is Cc1cc(-c2c(CC(=O)O)c(C)nc3c2cc(-c2nnc(N4CCC(CC5CC5)CC4)o2)n3C)c(C)c2c1OCCC2. The Morgan fingerprint density at radius 1 is 1.07 bits per heavy atom. The average molecular weight is 570 g/mol. The fourth-order valence-electron chi connectivity index (χ4n) is 7.14. The van der Waals surface area contributed by atoms with Crippen LogP contribution in [-0.2, 0) is 24.7 Å². The van der Waals surface area contributed by atoms with E-state index in [4.69, 9.17) is 14.1 Å². The molecule has 1 aliphatic carbocycles. The summed E-state index contributed by atoms with van der Waals surface area (Å²) >= 11 is 0. The summed E-state index contributed by atoms with van der Waals surface area (Å²) in [5.74, 6) is 2.30. The van der Waals surface area contributed by atoms with Crippen LogP contribution < -0.4 is 9.64 Å². The Labute approximate surface area is 245 Å². The molecule has 3 aromatic heterocycles. The summed E-state index contributed by atoms with van der Waals surface area (Å²) in [6, 6.07) is 4.74. The van der Waals surface area contributed by atoms with Gasteiger partial charge in [0.25, 0.3) is 5.89 Å². The van der Waals surface area contributed by atoms with Crippen molar-refractivity contribution in [2.24, 2.45) is 18.9 Å². The summed E-state index contributed by atoms with van der Waals surface area (Å²) in [7, 11) is 1.96. The van der Waals surface area contributed by atoms with E-state index >= 15 is 0 Å². The van der Waals surface area contributed by atoms with Gasteiger partial charge in [-0.2, -0.15) is 0 Å². The van der Waals surface area contributed by atoms with Crippen LogP contribution in [0.4, 0.5) is 6.01 Å². The van der Waals surface area contributed by atoms with Gasteiger partial charge in [0.1, 0.15) is 17.1 Å². The number of nitrogens with zero attached hydrogens (tertiary/aromatic N) is 5. The number of benzene rings is 1. The molecule has 9 heteroatoms. The number of hydrogen-bond acceptors (Lipinski definition) is 7. The molecule has 1 N–H and O–H groups in total. The maximum atomic E-state index is 12.1. The maximum absolute atomic E-state index is 12.1. The molecule has 9 nitrogen and oxygen atoms in total. The Balaban J connectivity index is 1.31. The largest absolute Gasteiger partial charge is 0.493 e. The van der Waals surface area contributed by atoms with Gasteiger partial charge in [0.15, 0.2) is 0 Å². The van der Waals surface area contributed by atoms with E-state index in [2.05, 4.69) is 35.0 Å². The summed E-state index contributed by atoms with van der Waals surface area (Å²) in [5, 5.41) is 19.7. The van der Waals surface area contributed by atoms with E-state index in [1.54, 1.807) is 0 Å². The van der Waals surface area contributed by atoms with Crippen LogP contribution in [-0.4, -0.2) is 50.5 Å². The number of anilines is 1. The molecule has 3 aliphatic rings. The molecule has 0 amide bonds. The van der Waals surface area contributed by atoms with Crippen LogP contribution in [0.5, 0.6) is 5.75 Å². The molecule has 0 bridgehead atoms. The van der Waals surface area contributed by atoms with E-state index in [1.807, 2.05) is 24.6 Å². The zero-order chi connectivity index (χ0) is 29.1. The first-order chi connectivity index (χ1) is 20.3. The summed E-state index contributed by atoms with van der Waals surface area (Å²) in [6.45, 7) is 8.70. The minimum atomic E-state index is -0.880. The predicted octanol–water partition coefficient (Wildman–Crippen LogP) is 6.18. The minimum absolute atomic E-state index is 0.109. The van der Waals surface area contributed by atoms with Gasteiger partial charge in [-0.3, -0.25) is 4.79 Å². The number of carbonyl (C=O) groups is 1. The average Bonchev–Trinajstić information content (AvgIpc) is 3.55. The fraction of sp³-hybridized carbons (Fsp3) is 0.515. The monoisotopic (exact) mass is 569 g/mol. The number of rotatable bonds is 7. The van der Waals surface area contributed by atoms with Crippen LogP contribution in [0, 0.1) is 32.6 Å². The molecule has 4 aromatic rings. The Morgan fingerprint density at radius 2 is 1.83 bits per heavy atom. The third-order valence-corrected chi connectivity index (χ3v) is 9.63. The number of aliphatic carboxylic acids is 1. The molecule has 1 saturated carbocycles. The molecule has 0 radical (unpaired) electrons. The number of carboxylic acids is 1. The molecule has 0 atom stereocenters. The van der Waals surface area contributed by atoms with E-state index in [9.17, 15) is 9.90 Å². The number of hydrogen-bond donors (Lipinski definition) is 1. The van der Waals surface area contributed by atoms with Crippen molar-refractivity contribution < 1.29 is 19.1 Å². The molecule has 2 fully saturated rings. The van der Waals surface area contributed by atoms with Crippen molar-refractivity contribution in [3.05, 3.63) is 40.1 Å². The quantitative estimate of drug-likeness (QED) is 0.281. The van der Waals surface area contributed by atoms with Crippen LogP contribution in [0.2, 0.25) is 0 Å². The minimum Gasteiger partial charge on any atom is -0.493 e. The lowest BCUT2D eigenvalue weighted by atomic mass is 9.86. The molecule has 7 rings (SSSR count). The second-order valence-corrected chi connectivity index (χ2v) is 12.6. The van der Waals surface area contributed by atoms with Gasteiger partial charge in [-0.05, 0) is 110 Å². The Kier molecular flexibility index (Phi) is 6.71. The zero-order valence-corrected chi connectivity index (χ0v) is 25.0. The van der Waals surface area contributed by atoms with Gasteiger partial charge in [0.2, 0.25) is 0 Å². The number of fused-ring (bicyclic) bond motifs is 2. The maximum Gasteiger partial charge on any atom is 0.318 e. The lowest BCUT2D eigenvalue weighted by molar-refractivity contribution is -0.136. The topological polar surface area (TPSA) is 107 Å². The highest BCUT2D eigenvalue weighted by atomic mass is 16.5. The Bertz CT molecular complexity index is 1690. The molecule has 2 aliphatic heterocycles. The second kappa shape index (κ2) is 10.4. The standard InChI is InChI=1S/C33H39N5O4/c1-18-14-24(19(2)23-6-5-13-41-30(18)23)29-25(17-28(39)40)20(3)34-31-26(29)16-27(37(31)4)32-35-36-33(42-32)38-11-9-22(10-12-38)15-21-7-8-21/h14,16,21-22H,5-13,15,17H2,1-4H3,(H,39,40). The van der Waals surface area contributed by atoms with Gasteiger partial charge in [0, 0.05) is 31.2 Å². The zero-order valence-electron chi connectivity index (χ0n) is 25.0. The summed E-state index contributed by atoms with van der Waals surface area (Å²) < 4.78 is 14.3. The summed E-state index contributed by atoms with van der Waals surface area (Å²) in [5.41, 5.74) is 8.30. The third kappa shape index (κ3) is 4.72. The molecular formula is C33H39N5O4. The number of aryl methyl sites for hydroxylation is 3. The van der Waals surface area contributed by atoms with Gasteiger partial charge in [-0.1, -0.05) is 17.9 Å². The molecule has 5 heterocycles. The highest BCUT2D eigenvalue weighted by Gasteiger charge is 2.30. The first-order valence-electron chi connectivity index (χ1n) is 15.3.